The summed E-state index contributed by atoms with van der Waals surface area (Å²) in [7, 11) is 0. The van der Waals surface area contributed by atoms with Crippen LogP contribution in [-0.2, 0) is 4.79 Å². The smallest absolute Gasteiger partial charge is 0.273 e. The number of amides is 1. The van der Waals surface area contributed by atoms with Gasteiger partial charge in [0.2, 0.25) is 0 Å². The lowest BCUT2D eigenvalue weighted by atomic mass is 10.2. The molecule has 1 aliphatic rings. The molecular formula is C16H18N2O3S. The number of aryl methyl sites for hydroxylation is 1. The number of likely N-dealkylation sites (tertiary alicyclic amines) is 1. The van der Waals surface area contributed by atoms with E-state index in [1.807, 2.05) is 36.6 Å². The molecule has 2 heterocycles. The average molecular weight is 318 g/mol. The van der Waals surface area contributed by atoms with Crippen molar-refractivity contribution in [3.05, 3.63) is 41.4 Å². The van der Waals surface area contributed by atoms with Gasteiger partial charge in [-0.25, -0.2) is 4.98 Å². The van der Waals surface area contributed by atoms with E-state index in [-0.39, 0.29) is 18.6 Å². The molecular weight excluding hydrogens is 300 g/mol. The Bertz CT molecular complexity index is 613. The van der Waals surface area contributed by atoms with E-state index in [1.165, 1.54) is 16.9 Å². The SMILES string of the molecule is Cc1ccc(OCC(=O)N2CCC(Oc3nccs3)C2)cc1. The van der Waals surface area contributed by atoms with E-state index in [2.05, 4.69) is 4.98 Å². The van der Waals surface area contributed by atoms with Crippen molar-refractivity contribution in [3.8, 4) is 10.9 Å². The maximum absolute atomic E-state index is 12.2. The van der Waals surface area contributed by atoms with Gasteiger partial charge in [-0.1, -0.05) is 29.0 Å². The third-order valence-electron chi connectivity index (χ3n) is 3.56. The molecule has 0 N–H and O–H groups in total. The predicted octanol–water partition coefficient (Wildman–Crippen LogP) is 2.51. The van der Waals surface area contributed by atoms with E-state index in [4.69, 9.17) is 9.47 Å². The summed E-state index contributed by atoms with van der Waals surface area (Å²) in [5.41, 5.74) is 1.17. The van der Waals surface area contributed by atoms with Crippen LogP contribution in [0.15, 0.2) is 35.8 Å². The van der Waals surface area contributed by atoms with Gasteiger partial charge in [0, 0.05) is 24.5 Å². The molecule has 1 aromatic heterocycles. The molecule has 1 aromatic carbocycles. The maximum Gasteiger partial charge on any atom is 0.273 e. The highest BCUT2D eigenvalue weighted by Crippen LogP contribution is 2.20. The van der Waals surface area contributed by atoms with E-state index >= 15 is 0 Å². The molecule has 0 spiro atoms. The van der Waals surface area contributed by atoms with Crippen LogP contribution in [0.25, 0.3) is 0 Å². The van der Waals surface area contributed by atoms with Gasteiger partial charge in [-0.3, -0.25) is 4.79 Å². The molecule has 0 saturated carbocycles. The summed E-state index contributed by atoms with van der Waals surface area (Å²) < 4.78 is 11.3. The summed E-state index contributed by atoms with van der Waals surface area (Å²) in [4.78, 5) is 18.1. The van der Waals surface area contributed by atoms with E-state index in [0.29, 0.717) is 24.0 Å². The number of nitrogens with zero attached hydrogens (tertiary/aromatic N) is 2. The normalized spacial score (nSPS) is 17.5. The fraction of sp³-hybridized carbons (Fsp3) is 0.375. The number of rotatable bonds is 5. The molecule has 0 bridgehead atoms. The molecule has 1 fully saturated rings. The van der Waals surface area contributed by atoms with Gasteiger partial charge in [-0.2, -0.15) is 0 Å². The van der Waals surface area contributed by atoms with Crippen LogP contribution in [0.3, 0.4) is 0 Å². The molecule has 0 aliphatic carbocycles. The Labute approximate surface area is 133 Å². The Balaban J connectivity index is 1.46. The van der Waals surface area contributed by atoms with Gasteiger partial charge in [0.05, 0.1) is 6.54 Å². The number of benzene rings is 1. The third kappa shape index (κ3) is 3.76. The number of thiazole rings is 1. The Hall–Kier alpha value is -2.08. The van der Waals surface area contributed by atoms with E-state index in [9.17, 15) is 4.79 Å². The third-order valence-corrected chi connectivity index (χ3v) is 4.22. The minimum atomic E-state index is -0.00851. The monoisotopic (exact) mass is 318 g/mol. The molecule has 6 heteroatoms. The Kier molecular flexibility index (Phi) is 4.58. The van der Waals surface area contributed by atoms with E-state index in [0.717, 1.165) is 6.42 Å². The Morgan fingerprint density at radius 2 is 2.23 bits per heavy atom. The van der Waals surface area contributed by atoms with Crippen molar-refractivity contribution in [2.75, 3.05) is 19.7 Å². The van der Waals surface area contributed by atoms with Crippen molar-refractivity contribution in [2.24, 2.45) is 0 Å². The van der Waals surface area contributed by atoms with Crippen molar-refractivity contribution in [1.29, 1.82) is 0 Å². The molecule has 1 saturated heterocycles. The van der Waals surface area contributed by atoms with Crippen molar-refractivity contribution in [2.45, 2.75) is 19.4 Å². The lowest BCUT2D eigenvalue weighted by Gasteiger charge is -2.16. The Morgan fingerprint density at radius 1 is 1.41 bits per heavy atom. The van der Waals surface area contributed by atoms with Crippen LogP contribution in [0.2, 0.25) is 0 Å². The average Bonchev–Trinajstić information content (AvgIpc) is 3.19. The number of carbonyl (C=O) groups is 1. The summed E-state index contributed by atoms with van der Waals surface area (Å²) in [6.07, 6.45) is 2.57. The van der Waals surface area contributed by atoms with Gasteiger partial charge < -0.3 is 14.4 Å². The number of aromatic nitrogens is 1. The first-order chi connectivity index (χ1) is 10.7. The second-order valence-corrected chi connectivity index (χ2v) is 6.13. The van der Waals surface area contributed by atoms with Crippen LogP contribution in [-0.4, -0.2) is 41.6 Å². The second-order valence-electron chi connectivity index (χ2n) is 5.27. The molecule has 0 radical (unpaired) electrons. The van der Waals surface area contributed by atoms with E-state index < -0.39 is 0 Å². The summed E-state index contributed by atoms with van der Waals surface area (Å²) in [5.74, 6) is 0.708. The number of hydrogen-bond donors (Lipinski definition) is 0. The molecule has 1 atom stereocenters. The first-order valence-corrected chi connectivity index (χ1v) is 8.12. The first-order valence-electron chi connectivity index (χ1n) is 7.24. The van der Waals surface area contributed by atoms with E-state index in [1.54, 1.807) is 11.1 Å². The van der Waals surface area contributed by atoms with Crippen molar-refractivity contribution < 1.29 is 14.3 Å². The highest BCUT2D eigenvalue weighted by Gasteiger charge is 2.28. The van der Waals surface area contributed by atoms with Crippen molar-refractivity contribution in [1.82, 2.24) is 9.88 Å². The molecule has 22 heavy (non-hydrogen) atoms. The second kappa shape index (κ2) is 6.79. The standard InChI is InChI=1S/C16H18N2O3S/c1-12-2-4-13(5-3-12)20-11-15(19)18-8-6-14(10-18)21-16-17-7-9-22-16/h2-5,7,9,14H,6,8,10-11H2,1H3. The molecule has 5 nitrogen and oxygen atoms in total. The summed E-state index contributed by atoms with van der Waals surface area (Å²) in [6, 6.07) is 7.68. The maximum atomic E-state index is 12.2. The predicted molar refractivity (Wildman–Crippen MR) is 84.4 cm³/mol. The van der Waals surface area contributed by atoms with Crippen LogP contribution in [0.5, 0.6) is 10.9 Å². The largest absolute Gasteiger partial charge is 0.484 e. The van der Waals surface area contributed by atoms with Crippen molar-refractivity contribution in [3.63, 3.8) is 0 Å². The van der Waals surface area contributed by atoms with Gasteiger partial charge in [0.15, 0.2) is 6.61 Å². The van der Waals surface area contributed by atoms with Crippen molar-refractivity contribution >= 4 is 17.2 Å². The summed E-state index contributed by atoms with van der Waals surface area (Å²) in [6.45, 7) is 3.37. The zero-order chi connectivity index (χ0) is 15.4. The topological polar surface area (TPSA) is 51.7 Å². The summed E-state index contributed by atoms with van der Waals surface area (Å²) >= 11 is 1.47. The van der Waals surface area contributed by atoms with Crippen LogP contribution in [0.4, 0.5) is 0 Å². The highest BCUT2D eigenvalue weighted by atomic mass is 32.1. The number of hydrogen-bond acceptors (Lipinski definition) is 5. The zero-order valence-electron chi connectivity index (χ0n) is 12.4. The molecule has 1 aliphatic heterocycles. The quantitative estimate of drug-likeness (QED) is 0.850. The first kappa shape index (κ1) is 14.8. The van der Waals surface area contributed by atoms with Gasteiger partial charge in [-0.15, -0.1) is 0 Å². The molecule has 1 unspecified atom stereocenters. The number of carbonyl (C=O) groups excluding carboxylic acids is 1. The van der Waals surface area contributed by atoms with Crippen LogP contribution in [0, 0.1) is 6.92 Å². The molecule has 3 rings (SSSR count). The fourth-order valence-corrected chi connectivity index (χ4v) is 2.88. The molecule has 1 amide bonds. The van der Waals surface area contributed by atoms with Gasteiger partial charge in [0.1, 0.15) is 11.9 Å². The van der Waals surface area contributed by atoms with Gasteiger partial charge in [0.25, 0.3) is 11.1 Å². The number of ether oxygens (including phenoxy) is 2. The van der Waals surface area contributed by atoms with Crippen LogP contribution in [0.1, 0.15) is 12.0 Å². The van der Waals surface area contributed by atoms with Crippen LogP contribution >= 0.6 is 11.3 Å². The zero-order valence-corrected chi connectivity index (χ0v) is 13.2. The molecule has 2 aromatic rings. The highest BCUT2D eigenvalue weighted by molar-refractivity contribution is 7.11. The Morgan fingerprint density at radius 3 is 2.95 bits per heavy atom. The van der Waals surface area contributed by atoms with Gasteiger partial charge in [-0.05, 0) is 19.1 Å². The van der Waals surface area contributed by atoms with Gasteiger partial charge >= 0.3 is 0 Å². The lowest BCUT2D eigenvalue weighted by Crippen LogP contribution is -2.34. The summed E-state index contributed by atoms with van der Waals surface area (Å²) in [5, 5.41) is 2.54. The molecule has 116 valence electrons. The fourth-order valence-electron chi connectivity index (χ4n) is 2.33. The van der Waals surface area contributed by atoms with Crippen LogP contribution < -0.4 is 9.47 Å². The minimum absolute atomic E-state index is 0.00851. The lowest BCUT2D eigenvalue weighted by molar-refractivity contribution is -0.132. The minimum Gasteiger partial charge on any atom is -0.484 e.